The van der Waals surface area contributed by atoms with Gasteiger partial charge in [-0.3, -0.25) is 0 Å². The molecule has 0 bridgehead atoms. The van der Waals surface area contributed by atoms with Crippen molar-refractivity contribution in [3.05, 3.63) is 0 Å². The highest BCUT2D eigenvalue weighted by atomic mass is 35.5. The van der Waals surface area contributed by atoms with Gasteiger partial charge in [-0.2, -0.15) is 0 Å². The molecular formula is C10H20ClN. The van der Waals surface area contributed by atoms with Crippen LogP contribution in [0.2, 0.25) is 0 Å². The number of hydrogen-bond acceptors (Lipinski definition) is 1. The molecule has 1 aliphatic rings. The second-order valence-corrected chi connectivity index (χ2v) is 4.14. The van der Waals surface area contributed by atoms with E-state index in [1.807, 2.05) is 0 Å². The van der Waals surface area contributed by atoms with Gasteiger partial charge in [0.1, 0.15) is 0 Å². The molecule has 0 N–H and O–H groups in total. The predicted molar refractivity (Wildman–Crippen MR) is 54.8 cm³/mol. The molecule has 0 aromatic heterocycles. The largest absolute Gasteiger partial charge is 0.302 e. The molecule has 0 amide bonds. The summed E-state index contributed by atoms with van der Waals surface area (Å²) in [5.74, 6) is 1.79. The summed E-state index contributed by atoms with van der Waals surface area (Å²) in [6.45, 7) is 5.92. The van der Waals surface area contributed by atoms with Crippen molar-refractivity contribution in [2.24, 2.45) is 5.92 Å². The Balaban J connectivity index is 2.11. The van der Waals surface area contributed by atoms with E-state index in [0.717, 1.165) is 18.3 Å². The van der Waals surface area contributed by atoms with Crippen molar-refractivity contribution in [3.63, 3.8) is 0 Å². The van der Waals surface area contributed by atoms with Gasteiger partial charge in [-0.25, -0.2) is 0 Å². The summed E-state index contributed by atoms with van der Waals surface area (Å²) in [4.78, 5) is 2.49. The maximum absolute atomic E-state index is 5.69. The quantitative estimate of drug-likeness (QED) is 0.615. The lowest BCUT2D eigenvalue weighted by Crippen LogP contribution is -2.34. The van der Waals surface area contributed by atoms with Crippen LogP contribution in [-0.2, 0) is 0 Å². The normalized spacial score (nSPS) is 21.5. The Morgan fingerprint density at radius 3 is 2.50 bits per heavy atom. The maximum Gasteiger partial charge on any atom is 0.0351 e. The van der Waals surface area contributed by atoms with Crippen molar-refractivity contribution >= 4 is 11.6 Å². The van der Waals surface area contributed by atoms with Crippen molar-refractivity contribution in [2.45, 2.75) is 32.6 Å². The lowest BCUT2D eigenvalue weighted by atomic mass is 9.93. The average molecular weight is 190 g/mol. The molecule has 0 aromatic carbocycles. The van der Waals surface area contributed by atoms with Crippen LogP contribution in [0.4, 0.5) is 0 Å². The molecule has 0 aliphatic carbocycles. The van der Waals surface area contributed by atoms with E-state index >= 15 is 0 Å². The zero-order valence-corrected chi connectivity index (χ0v) is 8.82. The number of alkyl halides is 1. The number of nitrogens with zero attached hydrogens (tertiary/aromatic N) is 1. The van der Waals surface area contributed by atoms with Crippen LogP contribution in [0.15, 0.2) is 0 Å². The van der Waals surface area contributed by atoms with E-state index in [0.29, 0.717) is 0 Å². The number of likely N-dealkylation sites (tertiary alicyclic amines) is 1. The van der Waals surface area contributed by atoms with E-state index in [1.165, 1.54) is 38.8 Å². The fraction of sp³-hybridized carbons (Fsp3) is 1.00. The summed E-state index contributed by atoms with van der Waals surface area (Å²) >= 11 is 5.69. The second-order valence-electron chi connectivity index (χ2n) is 3.76. The summed E-state index contributed by atoms with van der Waals surface area (Å²) in [5, 5.41) is 0. The lowest BCUT2D eigenvalue weighted by Gasteiger charge is -2.31. The smallest absolute Gasteiger partial charge is 0.0351 e. The molecule has 72 valence electrons. The molecule has 0 unspecified atom stereocenters. The summed E-state index contributed by atoms with van der Waals surface area (Å²) in [7, 11) is 0. The van der Waals surface area contributed by atoms with Crippen molar-refractivity contribution in [1.82, 2.24) is 4.90 Å². The number of halogens is 1. The molecule has 1 rings (SSSR count). The van der Waals surface area contributed by atoms with E-state index in [-0.39, 0.29) is 0 Å². The van der Waals surface area contributed by atoms with E-state index in [2.05, 4.69) is 11.8 Å². The molecule has 0 radical (unpaired) electrons. The first-order valence-corrected chi connectivity index (χ1v) is 5.68. The van der Waals surface area contributed by atoms with Crippen LogP contribution in [-0.4, -0.2) is 30.4 Å². The Morgan fingerprint density at radius 2 is 2.00 bits per heavy atom. The Hall–Kier alpha value is 0.250. The summed E-state index contributed by atoms with van der Waals surface area (Å²) in [6, 6.07) is 0. The first-order valence-electron chi connectivity index (χ1n) is 5.15. The summed E-state index contributed by atoms with van der Waals surface area (Å²) in [6.07, 6.45) is 5.56. The zero-order chi connectivity index (χ0) is 8.81. The van der Waals surface area contributed by atoms with Gasteiger partial charge in [0, 0.05) is 12.4 Å². The Labute approximate surface area is 81.1 Å². The summed E-state index contributed by atoms with van der Waals surface area (Å²) < 4.78 is 0. The van der Waals surface area contributed by atoms with Crippen LogP contribution >= 0.6 is 11.6 Å². The predicted octanol–water partition coefficient (Wildman–Crippen LogP) is 2.74. The zero-order valence-electron chi connectivity index (χ0n) is 8.06. The first-order chi connectivity index (χ1) is 5.86. The lowest BCUT2D eigenvalue weighted by molar-refractivity contribution is 0.187. The number of piperidine rings is 1. The highest BCUT2D eigenvalue weighted by molar-refractivity contribution is 6.18. The van der Waals surface area contributed by atoms with Crippen LogP contribution < -0.4 is 0 Å². The molecule has 0 spiro atoms. The molecule has 0 saturated carbocycles. The standard InChI is InChI=1S/C10H20ClN/c1-2-3-10-4-7-12(8-5-10)9-6-11/h10H,2-9H2,1H3. The van der Waals surface area contributed by atoms with Crippen LogP contribution in [0, 0.1) is 5.92 Å². The topological polar surface area (TPSA) is 3.24 Å². The third-order valence-corrected chi connectivity index (χ3v) is 2.97. The number of hydrogen-bond donors (Lipinski definition) is 0. The molecule has 12 heavy (non-hydrogen) atoms. The SMILES string of the molecule is CCCC1CCN(CCCl)CC1. The molecule has 1 nitrogen and oxygen atoms in total. The third kappa shape index (κ3) is 3.32. The third-order valence-electron chi connectivity index (χ3n) is 2.80. The van der Waals surface area contributed by atoms with Gasteiger partial charge in [0.25, 0.3) is 0 Å². The fourth-order valence-electron chi connectivity index (χ4n) is 2.03. The van der Waals surface area contributed by atoms with E-state index < -0.39 is 0 Å². The molecule has 0 aromatic rings. The molecule has 2 heteroatoms. The van der Waals surface area contributed by atoms with E-state index in [4.69, 9.17) is 11.6 Å². The van der Waals surface area contributed by atoms with Crippen molar-refractivity contribution < 1.29 is 0 Å². The van der Waals surface area contributed by atoms with Gasteiger partial charge < -0.3 is 4.90 Å². The monoisotopic (exact) mass is 189 g/mol. The van der Waals surface area contributed by atoms with Crippen molar-refractivity contribution in [2.75, 3.05) is 25.5 Å². The molecule has 0 atom stereocenters. The van der Waals surface area contributed by atoms with Crippen molar-refractivity contribution in [3.8, 4) is 0 Å². The van der Waals surface area contributed by atoms with Gasteiger partial charge in [-0.1, -0.05) is 19.8 Å². The minimum absolute atomic E-state index is 0.790. The van der Waals surface area contributed by atoms with Gasteiger partial charge in [0.2, 0.25) is 0 Å². The molecule has 1 fully saturated rings. The molecule has 1 aliphatic heterocycles. The van der Waals surface area contributed by atoms with Gasteiger partial charge in [-0.05, 0) is 31.8 Å². The highest BCUT2D eigenvalue weighted by Gasteiger charge is 2.17. The number of rotatable bonds is 4. The molecular weight excluding hydrogens is 170 g/mol. The maximum atomic E-state index is 5.69. The van der Waals surface area contributed by atoms with Crippen LogP contribution in [0.1, 0.15) is 32.6 Å². The van der Waals surface area contributed by atoms with Gasteiger partial charge in [0.15, 0.2) is 0 Å². The minimum atomic E-state index is 0.790. The second kappa shape index (κ2) is 5.82. The fourth-order valence-corrected chi connectivity index (χ4v) is 2.27. The molecule has 1 heterocycles. The summed E-state index contributed by atoms with van der Waals surface area (Å²) in [5.41, 5.74) is 0. The Bertz CT molecular complexity index is 94.4. The van der Waals surface area contributed by atoms with Crippen LogP contribution in [0.3, 0.4) is 0 Å². The van der Waals surface area contributed by atoms with E-state index in [1.54, 1.807) is 0 Å². The van der Waals surface area contributed by atoms with Gasteiger partial charge >= 0.3 is 0 Å². The van der Waals surface area contributed by atoms with E-state index in [9.17, 15) is 0 Å². The Kier molecular flexibility index (Phi) is 5.01. The van der Waals surface area contributed by atoms with Crippen LogP contribution in [0.5, 0.6) is 0 Å². The van der Waals surface area contributed by atoms with Gasteiger partial charge in [-0.15, -0.1) is 11.6 Å². The van der Waals surface area contributed by atoms with Crippen LogP contribution in [0.25, 0.3) is 0 Å². The minimum Gasteiger partial charge on any atom is -0.302 e. The molecule has 1 saturated heterocycles. The first kappa shape index (κ1) is 10.3. The van der Waals surface area contributed by atoms with Crippen molar-refractivity contribution in [1.29, 1.82) is 0 Å². The highest BCUT2D eigenvalue weighted by Crippen LogP contribution is 2.21. The Morgan fingerprint density at radius 1 is 1.33 bits per heavy atom. The van der Waals surface area contributed by atoms with Gasteiger partial charge in [0.05, 0.1) is 0 Å². The average Bonchev–Trinajstić information content (AvgIpc) is 2.09.